The maximum atomic E-state index is 3.88. The number of hydrogen-bond acceptors (Lipinski definition) is 1. The molecule has 1 aromatic heterocycles. The van der Waals surface area contributed by atoms with E-state index < -0.39 is 0 Å². The van der Waals surface area contributed by atoms with Gasteiger partial charge in [0.15, 0.2) is 0 Å². The first kappa shape index (κ1) is 5.09. The first-order chi connectivity index (χ1) is 3.84. The van der Waals surface area contributed by atoms with Crippen LogP contribution in [0.5, 0.6) is 0 Å². The van der Waals surface area contributed by atoms with Crippen molar-refractivity contribution in [2.75, 3.05) is 0 Å². The van der Waals surface area contributed by atoms with Gasteiger partial charge in [0.2, 0.25) is 0 Å². The smallest absolute Gasteiger partial charge is 0.0948 e. The van der Waals surface area contributed by atoms with E-state index in [1.807, 2.05) is 11.6 Å². The molecule has 2 nitrogen and oxygen atoms in total. The van der Waals surface area contributed by atoms with Crippen LogP contribution in [0.1, 0.15) is 5.69 Å². The number of hydrogen-bond donors (Lipinski definition) is 0. The summed E-state index contributed by atoms with van der Waals surface area (Å²) >= 11 is 0. The van der Waals surface area contributed by atoms with Crippen molar-refractivity contribution >= 4 is 6.08 Å². The Kier molecular flexibility index (Phi) is 1.16. The average molecular weight is 108 g/mol. The van der Waals surface area contributed by atoms with Crippen LogP contribution in [0.3, 0.4) is 0 Å². The highest BCUT2D eigenvalue weighted by Gasteiger charge is 1.86. The number of aryl methyl sites for hydroxylation is 1. The largest absolute Gasteiger partial charge is 0.334 e. The molecule has 0 spiro atoms. The quantitative estimate of drug-likeness (QED) is 0.526. The molecule has 0 N–H and O–H groups in total. The fourth-order valence-electron chi connectivity index (χ4n) is 0.564. The Morgan fingerprint density at radius 2 is 2.62 bits per heavy atom. The standard InChI is InChI=1S/C6H8N2/c1-3-6-4-7-5-8(6)2/h3-5H,1H2,2H3. The minimum atomic E-state index is 1.05. The van der Waals surface area contributed by atoms with Crippen LogP contribution in [-0.2, 0) is 7.05 Å². The minimum Gasteiger partial charge on any atom is -0.334 e. The molecule has 0 radical (unpaired) electrons. The van der Waals surface area contributed by atoms with Gasteiger partial charge in [-0.15, -0.1) is 0 Å². The van der Waals surface area contributed by atoms with Crippen LogP contribution in [-0.4, -0.2) is 9.55 Å². The lowest BCUT2D eigenvalue weighted by Gasteiger charge is -1.89. The molecule has 1 rings (SSSR count). The van der Waals surface area contributed by atoms with E-state index in [1.54, 1.807) is 18.6 Å². The van der Waals surface area contributed by atoms with Crippen molar-refractivity contribution in [3.8, 4) is 0 Å². The molecule has 2 heteroatoms. The number of nitrogens with zero attached hydrogens (tertiary/aromatic N) is 2. The van der Waals surface area contributed by atoms with Crippen LogP contribution in [0.2, 0.25) is 0 Å². The highest BCUT2D eigenvalue weighted by Crippen LogP contribution is 1.95. The first-order valence-corrected chi connectivity index (χ1v) is 2.43. The molecule has 8 heavy (non-hydrogen) atoms. The third kappa shape index (κ3) is 0.644. The van der Waals surface area contributed by atoms with Crippen LogP contribution >= 0.6 is 0 Å². The van der Waals surface area contributed by atoms with Crippen molar-refractivity contribution in [3.63, 3.8) is 0 Å². The Labute approximate surface area is 48.5 Å². The lowest BCUT2D eigenvalue weighted by Crippen LogP contribution is -1.85. The van der Waals surface area contributed by atoms with Gasteiger partial charge in [0, 0.05) is 7.05 Å². The van der Waals surface area contributed by atoms with Crippen molar-refractivity contribution in [1.82, 2.24) is 9.55 Å². The van der Waals surface area contributed by atoms with Crippen molar-refractivity contribution in [2.45, 2.75) is 0 Å². The second kappa shape index (κ2) is 1.82. The monoisotopic (exact) mass is 108 g/mol. The maximum Gasteiger partial charge on any atom is 0.0948 e. The predicted molar refractivity (Wildman–Crippen MR) is 33.3 cm³/mol. The van der Waals surface area contributed by atoms with Gasteiger partial charge in [-0.25, -0.2) is 4.98 Å². The molecular weight excluding hydrogens is 100 g/mol. The summed E-state index contributed by atoms with van der Waals surface area (Å²) in [6.07, 6.45) is 5.29. The van der Waals surface area contributed by atoms with E-state index in [1.165, 1.54) is 0 Å². The van der Waals surface area contributed by atoms with Crippen molar-refractivity contribution in [1.29, 1.82) is 0 Å². The van der Waals surface area contributed by atoms with Gasteiger partial charge in [0.25, 0.3) is 0 Å². The van der Waals surface area contributed by atoms with Crippen LogP contribution in [0.25, 0.3) is 6.08 Å². The summed E-state index contributed by atoms with van der Waals surface area (Å²) in [5.74, 6) is 0. The molecule has 0 fully saturated rings. The molecule has 0 atom stereocenters. The van der Waals surface area contributed by atoms with E-state index in [0.717, 1.165) is 5.69 Å². The van der Waals surface area contributed by atoms with Gasteiger partial charge in [-0.2, -0.15) is 0 Å². The van der Waals surface area contributed by atoms with E-state index in [9.17, 15) is 0 Å². The van der Waals surface area contributed by atoms with Crippen molar-refractivity contribution in [2.24, 2.45) is 7.05 Å². The van der Waals surface area contributed by atoms with Crippen LogP contribution < -0.4 is 0 Å². The van der Waals surface area contributed by atoms with Crippen LogP contribution in [0, 0.1) is 0 Å². The van der Waals surface area contributed by atoms with Gasteiger partial charge in [-0.1, -0.05) is 6.58 Å². The zero-order valence-electron chi connectivity index (χ0n) is 4.83. The summed E-state index contributed by atoms with van der Waals surface area (Å²) in [4.78, 5) is 3.88. The summed E-state index contributed by atoms with van der Waals surface area (Å²) in [5.41, 5.74) is 1.05. The topological polar surface area (TPSA) is 17.8 Å². The lowest BCUT2D eigenvalue weighted by molar-refractivity contribution is 0.902. The van der Waals surface area contributed by atoms with Crippen molar-refractivity contribution < 1.29 is 0 Å². The number of aromatic nitrogens is 2. The zero-order chi connectivity index (χ0) is 5.98. The first-order valence-electron chi connectivity index (χ1n) is 2.43. The molecule has 0 bridgehead atoms. The summed E-state index contributed by atoms with van der Waals surface area (Å²) < 4.78 is 1.91. The Balaban J connectivity index is 3.09. The highest BCUT2D eigenvalue weighted by molar-refractivity contribution is 5.39. The molecule has 0 aliphatic heterocycles. The Bertz CT molecular complexity index is 188. The third-order valence-electron chi connectivity index (χ3n) is 1.06. The molecule has 0 aliphatic carbocycles. The molecule has 0 aromatic carbocycles. The fourth-order valence-corrected chi connectivity index (χ4v) is 0.564. The molecular formula is C6H8N2. The maximum absolute atomic E-state index is 3.88. The molecule has 0 aliphatic rings. The molecule has 0 saturated carbocycles. The second-order valence-corrected chi connectivity index (χ2v) is 1.63. The van der Waals surface area contributed by atoms with Gasteiger partial charge in [-0.05, 0) is 6.08 Å². The third-order valence-corrected chi connectivity index (χ3v) is 1.06. The summed E-state index contributed by atoms with van der Waals surface area (Å²) in [7, 11) is 1.93. The van der Waals surface area contributed by atoms with Gasteiger partial charge in [0.1, 0.15) is 0 Å². The minimum absolute atomic E-state index is 1.05. The molecule has 0 saturated heterocycles. The Morgan fingerprint density at radius 1 is 1.88 bits per heavy atom. The lowest BCUT2D eigenvalue weighted by atomic mass is 10.5. The predicted octanol–water partition coefficient (Wildman–Crippen LogP) is 1.06. The molecule has 1 heterocycles. The fraction of sp³-hybridized carbons (Fsp3) is 0.167. The van der Waals surface area contributed by atoms with E-state index in [0.29, 0.717) is 0 Å². The van der Waals surface area contributed by atoms with Crippen LogP contribution in [0.15, 0.2) is 19.1 Å². The van der Waals surface area contributed by atoms with E-state index in [-0.39, 0.29) is 0 Å². The Morgan fingerprint density at radius 3 is 2.88 bits per heavy atom. The molecule has 0 unspecified atom stereocenters. The highest BCUT2D eigenvalue weighted by atomic mass is 15.0. The molecule has 0 amide bonds. The molecule has 1 aromatic rings. The van der Waals surface area contributed by atoms with E-state index in [2.05, 4.69) is 11.6 Å². The number of imidazole rings is 1. The van der Waals surface area contributed by atoms with Gasteiger partial charge in [0.05, 0.1) is 18.2 Å². The van der Waals surface area contributed by atoms with Gasteiger partial charge < -0.3 is 4.57 Å². The summed E-state index contributed by atoms with van der Waals surface area (Å²) in [6, 6.07) is 0. The Hall–Kier alpha value is -1.05. The normalized spacial score (nSPS) is 9.12. The molecule has 42 valence electrons. The number of rotatable bonds is 1. The van der Waals surface area contributed by atoms with Crippen LogP contribution in [0.4, 0.5) is 0 Å². The van der Waals surface area contributed by atoms with E-state index in [4.69, 9.17) is 0 Å². The average Bonchev–Trinajstić information content (AvgIpc) is 2.14. The van der Waals surface area contributed by atoms with Gasteiger partial charge >= 0.3 is 0 Å². The SMILES string of the molecule is C=Cc1cncn1C. The summed E-state index contributed by atoms with van der Waals surface area (Å²) in [6.45, 7) is 3.60. The summed E-state index contributed by atoms with van der Waals surface area (Å²) in [5, 5.41) is 0. The van der Waals surface area contributed by atoms with Gasteiger partial charge in [-0.3, -0.25) is 0 Å². The van der Waals surface area contributed by atoms with E-state index >= 15 is 0 Å². The van der Waals surface area contributed by atoms with Crippen molar-refractivity contribution in [3.05, 3.63) is 24.8 Å². The zero-order valence-corrected chi connectivity index (χ0v) is 4.83. The second-order valence-electron chi connectivity index (χ2n) is 1.63.